The number of nitrogens with two attached hydrogens (primary N) is 1. The van der Waals surface area contributed by atoms with Gasteiger partial charge in [0.15, 0.2) is 0 Å². The number of anilines is 1. The highest BCUT2D eigenvalue weighted by Crippen LogP contribution is 2.39. The molecule has 2 N–H and O–H groups in total. The van der Waals surface area contributed by atoms with Gasteiger partial charge in [-0.25, -0.2) is 9.97 Å². The Morgan fingerprint density at radius 3 is 2.38 bits per heavy atom. The lowest BCUT2D eigenvalue weighted by atomic mass is 10.1. The largest absolute Gasteiger partial charge is 0.491 e. The van der Waals surface area contributed by atoms with E-state index < -0.39 is 0 Å². The normalized spacial score (nSPS) is 14.5. The molecule has 1 fully saturated rings. The summed E-state index contributed by atoms with van der Waals surface area (Å²) in [5.74, 6) is 2.84. The van der Waals surface area contributed by atoms with Crippen LogP contribution in [0, 0.1) is 6.92 Å². The van der Waals surface area contributed by atoms with Crippen molar-refractivity contribution >= 4 is 5.82 Å². The van der Waals surface area contributed by atoms with Gasteiger partial charge in [-0.15, -0.1) is 0 Å². The summed E-state index contributed by atoms with van der Waals surface area (Å²) in [6.07, 6.45) is 2.51. The molecule has 21 heavy (non-hydrogen) atoms. The third kappa shape index (κ3) is 2.99. The zero-order valence-corrected chi connectivity index (χ0v) is 12.8. The van der Waals surface area contributed by atoms with Crippen LogP contribution in [-0.2, 0) is 0 Å². The first kappa shape index (κ1) is 13.9. The standard InChI is InChI=1S/C17H21N3O/c1-10(2)21-14-8-6-12(7-9-14)15-11(3)16(18)20-17(19-15)13-4-5-13/h6-10,13H,4-5H2,1-3H3,(H2,18,19,20). The fraction of sp³-hybridized carbons (Fsp3) is 0.412. The van der Waals surface area contributed by atoms with Crippen LogP contribution in [0.5, 0.6) is 5.75 Å². The summed E-state index contributed by atoms with van der Waals surface area (Å²) in [7, 11) is 0. The molecule has 4 nitrogen and oxygen atoms in total. The molecule has 1 heterocycles. The number of ether oxygens (including phenoxy) is 1. The zero-order valence-electron chi connectivity index (χ0n) is 12.8. The van der Waals surface area contributed by atoms with Crippen LogP contribution in [0.1, 0.15) is 44.0 Å². The monoisotopic (exact) mass is 283 g/mol. The summed E-state index contributed by atoms with van der Waals surface area (Å²) >= 11 is 0. The van der Waals surface area contributed by atoms with Gasteiger partial charge in [0.1, 0.15) is 17.4 Å². The zero-order chi connectivity index (χ0) is 15.0. The SMILES string of the molecule is Cc1c(N)nc(C2CC2)nc1-c1ccc(OC(C)C)cc1. The van der Waals surface area contributed by atoms with Gasteiger partial charge in [-0.05, 0) is 57.9 Å². The number of nitrogens with zero attached hydrogens (tertiary/aromatic N) is 2. The second kappa shape index (κ2) is 5.35. The van der Waals surface area contributed by atoms with Crippen molar-refractivity contribution in [2.24, 2.45) is 0 Å². The molecule has 110 valence electrons. The van der Waals surface area contributed by atoms with Gasteiger partial charge >= 0.3 is 0 Å². The van der Waals surface area contributed by atoms with E-state index in [1.165, 1.54) is 12.8 Å². The maximum Gasteiger partial charge on any atom is 0.134 e. The Morgan fingerprint density at radius 2 is 1.81 bits per heavy atom. The van der Waals surface area contributed by atoms with Crippen molar-refractivity contribution in [3.8, 4) is 17.0 Å². The fourth-order valence-electron chi connectivity index (χ4n) is 2.32. The number of rotatable bonds is 4. The van der Waals surface area contributed by atoms with Crippen LogP contribution < -0.4 is 10.5 Å². The molecule has 3 rings (SSSR count). The van der Waals surface area contributed by atoms with Crippen LogP contribution >= 0.6 is 0 Å². The third-order valence-corrected chi connectivity index (χ3v) is 3.64. The summed E-state index contributed by atoms with van der Waals surface area (Å²) in [4.78, 5) is 9.14. The molecule has 1 aromatic carbocycles. The molecule has 1 aliphatic carbocycles. The van der Waals surface area contributed by atoms with Gasteiger partial charge in [-0.2, -0.15) is 0 Å². The summed E-state index contributed by atoms with van der Waals surface area (Å²) in [5, 5.41) is 0. The number of hydrogen-bond acceptors (Lipinski definition) is 4. The molecule has 4 heteroatoms. The van der Waals surface area contributed by atoms with Crippen LogP contribution in [0.3, 0.4) is 0 Å². The van der Waals surface area contributed by atoms with Gasteiger partial charge in [-0.3, -0.25) is 0 Å². The van der Waals surface area contributed by atoms with Crippen molar-refractivity contribution in [2.75, 3.05) is 5.73 Å². The van der Waals surface area contributed by atoms with E-state index in [1.807, 2.05) is 45.0 Å². The Labute approximate surface area is 125 Å². The highest BCUT2D eigenvalue weighted by Gasteiger charge is 2.28. The highest BCUT2D eigenvalue weighted by molar-refractivity contribution is 5.68. The van der Waals surface area contributed by atoms with E-state index in [0.29, 0.717) is 11.7 Å². The second-order valence-corrected chi connectivity index (χ2v) is 5.91. The number of benzene rings is 1. The van der Waals surface area contributed by atoms with Gasteiger partial charge in [-0.1, -0.05) is 0 Å². The highest BCUT2D eigenvalue weighted by atomic mass is 16.5. The molecule has 0 aliphatic heterocycles. The van der Waals surface area contributed by atoms with Gasteiger partial charge < -0.3 is 10.5 Å². The van der Waals surface area contributed by atoms with E-state index in [-0.39, 0.29) is 6.10 Å². The van der Waals surface area contributed by atoms with E-state index >= 15 is 0 Å². The third-order valence-electron chi connectivity index (χ3n) is 3.64. The lowest BCUT2D eigenvalue weighted by Gasteiger charge is -2.12. The van der Waals surface area contributed by atoms with Crippen molar-refractivity contribution in [1.82, 2.24) is 9.97 Å². The molecule has 0 unspecified atom stereocenters. The minimum atomic E-state index is 0.175. The molecular weight excluding hydrogens is 262 g/mol. The smallest absolute Gasteiger partial charge is 0.134 e. The molecule has 0 atom stereocenters. The number of hydrogen-bond donors (Lipinski definition) is 1. The average molecular weight is 283 g/mol. The Hall–Kier alpha value is -2.10. The topological polar surface area (TPSA) is 61.0 Å². The summed E-state index contributed by atoms with van der Waals surface area (Å²) < 4.78 is 5.67. The summed E-state index contributed by atoms with van der Waals surface area (Å²) in [6, 6.07) is 8.01. The minimum absolute atomic E-state index is 0.175. The summed E-state index contributed by atoms with van der Waals surface area (Å²) in [5.41, 5.74) is 8.97. The number of aromatic nitrogens is 2. The van der Waals surface area contributed by atoms with Crippen molar-refractivity contribution in [3.05, 3.63) is 35.7 Å². The van der Waals surface area contributed by atoms with Crippen LogP contribution in [-0.4, -0.2) is 16.1 Å². The lowest BCUT2D eigenvalue weighted by molar-refractivity contribution is 0.242. The quantitative estimate of drug-likeness (QED) is 0.929. The van der Waals surface area contributed by atoms with E-state index in [2.05, 4.69) is 4.98 Å². The molecule has 0 bridgehead atoms. The van der Waals surface area contributed by atoms with Gasteiger partial charge in [0.2, 0.25) is 0 Å². The Bertz CT molecular complexity index is 646. The van der Waals surface area contributed by atoms with Gasteiger partial charge in [0.05, 0.1) is 11.8 Å². The molecule has 1 saturated carbocycles. The second-order valence-electron chi connectivity index (χ2n) is 5.91. The van der Waals surface area contributed by atoms with Crippen LogP contribution in [0.2, 0.25) is 0 Å². The molecule has 0 amide bonds. The van der Waals surface area contributed by atoms with Crippen LogP contribution in [0.15, 0.2) is 24.3 Å². The molecule has 2 aromatic rings. The van der Waals surface area contributed by atoms with E-state index in [0.717, 1.165) is 28.4 Å². The van der Waals surface area contributed by atoms with Crippen molar-refractivity contribution in [1.29, 1.82) is 0 Å². The van der Waals surface area contributed by atoms with E-state index in [9.17, 15) is 0 Å². The van der Waals surface area contributed by atoms with Gasteiger partial charge in [0.25, 0.3) is 0 Å². The minimum Gasteiger partial charge on any atom is -0.491 e. The maximum absolute atomic E-state index is 6.04. The number of nitrogen functional groups attached to an aromatic ring is 1. The first-order chi connectivity index (χ1) is 10.0. The predicted molar refractivity (Wildman–Crippen MR) is 84.4 cm³/mol. The maximum atomic E-state index is 6.04. The Morgan fingerprint density at radius 1 is 1.14 bits per heavy atom. The fourth-order valence-corrected chi connectivity index (χ4v) is 2.32. The predicted octanol–water partition coefficient (Wildman–Crippen LogP) is 3.70. The average Bonchev–Trinajstić information content (AvgIpc) is 3.26. The Balaban J connectivity index is 1.95. The molecule has 0 saturated heterocycles. The van der Waals surface area contributed by atoms with Crippen molar-refractivity contribution in [2.45, 2.75) is 45.6 Å². The van der Waals surface area contributed by atoms with Crippen LogP contribution in [0.4, 0.5) is 5.82 Å². The van der Waals surface area contributed by atoms with Crippen molar-refractivity contribution < 1.29 is 4.74 Å². The van der Waals surface area contributed by atoms with E-state index in [4.69, 9.17) is 15.5 Å². The molecular formula is C17H21N3O. The van der Waals surface area contributed by atoms with E-state index in [1.54, 1.807) is 0 Å². The molecule has 0 radical (unpaired) electrons. The molecule has 1 aromatic heterocycles. The molecule has 0 spiro atoms. The van der Waals surface area contributed by atoms with Crippen molar-refractivity contribution in [3.63, 3.8) is 0 Å². The first-order valence-corrected chi connectivity index (χ1v) is 7.45. The first-order valence-electron chi connectivity index (χ1n) is 7.45. The van der Waals surface area contributed by atoms with Crippen LogP contribution in [0.25, 0.3) is 11.3 Å². The summed E-state index contributed by atoms with van der Waals surface area (Å²) in [6.45, 7) is 6.01. The lowest BCUT2D eigenvalue weighted by Crippen LogP contribution is -2.06. The molecule has 1 aliphatic rings. The Kier molecular flexibility index (Phi) is 3.53. The van der Waals surface area contributed by atoms with Gasteiger partial charge in [0, 0.05) is 17.0 Å².